The highest BCUT2D eigenvalue weighted by Crippen LogP contribution is 2.24. The number of carbonyl (C=O) groups excluding carboxylic acids is 1. The van der Waals surface area contributed by atoms with E-state index in [2.05, 4.69) is 10.6 Å². The number of amides is 2. The summed E-state index contributed by atoms with van der Waals surface area (Å²) >= 11 is 5.68. The van der Waals surface area contributed by atoms with Gasteiger partial charge in [0.1, 0.15) is 5.82 Å². The van der Waals surface area contributed by atoms with Crippen LogP contribution in [0, 0.1) is 5.82 Å². The molecule has 1 saturated heterocycles. The molecule has 2 atom stereocenters. The van der Waals surface area contributed by atoms with E-state index in [-0.39, 0.29) is 29.7 Å². The van der Waals surface area contributed by atoms with Crippen LogP contribution in [0.25, 0.3) is 0 Å². The fourth-order valence-electron chi connectivity index (χ4n) is 2.48. The largest absolute Gasteiger partial charge is 0.394 e. The van der Waals surface area contributed by atoms with Gasteiger partial charge in [0.2, 0.25) is 0 Å². The average Bonchev–Trinajstić information content (AvgIpc) is 2.96. The number of nitrogens with zero attached hydrogens (tertiary/aromatic N) is 1. The molecule has 0 aromatic heterocycles. The first kappa shape index (κ1) is 16.8. The summed E-state index contributed by atoms with van der Waals surface area (Å²) in [6.07, 6.45) is 1.46. The molecule has 0 saturated carbocycles. The number of hydrogen-bond acceptors (Lipinski definition) is 3. The van der Waals surface area contributed by atoms with Crippen molar-refractivity contribution in [2.75, 3.05) is 24.6 Å². The lowest BCUT2D eigenvalue weighted by molar-refractivity contribution is 0.212. The Labute approximate surface area is 134 Å². The second kappa shape index (κ2) is 7.65. The van der Waals surface area contributed by atoms with Crippen molar-refractivity contribution >= 4 is 23.3 Å². The zero-order valence-electron chi connectivity index (χ0n) is 12.5. The number of rotatable bonds is 5. The highest BCUT2D eigenvalue weighted by molar-refractivity contribution is 6.30. The lowest BCUT2D eigenvalue weighted by Gasteiger charge is -2.20. The number of aliphatic hydroxyl groups excluding tert-OH is 1. The molecule has 1 aliphatic heterocycles. The fourth-order valence-corrected chi connectivity index (χ4v) is 2.60. The number of aliphatic hydroxyl groups is 1. The van der Waals surface area contributed by atoms with Gasteiger partial charge in [-0.15, -0.1) is 0 Å². The molecule has 2 rings (SSSR count). The number of halogens is 2. The molecule has 1 fully saturated rings. The fraction of sp³-hybridized carbons (Fsp3) is 0.533. The molecule has 0 aliphatic carbocycles. The quantitative estimate of drug-likeness (QED) is 0.775. The number of anilines is 1. The van der Waals surface area contributed by atoms with E-state index in [1.807, 2.05) is 11.8 Å². The first-order valence-corrected chi connectivity index (χ1v) is 7.79. The molecular formula is C15H21ClFN3O2. The first-order valence-electron chi connectivity index (χ1n) is 7.41. The zero-order valence-corrected chi connectivity index (χ0v) is 13.2. The van der Waals surface area contributed by atoms with Gasteiger partial charge in [-0.2, -0.15) is 0 Å². The summed E-state index contributed by atoms with van der Waals surface area (Å²) in [5.41, 5.74) is 0.758. The molecule has 0 radical (unpaired) electrons. The topological polar surface area (TPSA) is 64.6 Å². The Kier molecular flexibility index (Phi) is 5.85. The molecule has 0 spiro atoms. The van der Waals surface area contributed by atoms with Gasteiger partial charge in [-0.1, -0.05) is 18.5 Å². The Bertz CT molecular complexity index is 526. The predicted molar refractivity (Wildman–Crippen MR) is 84.9 cm³/mol. The third-order valence-corrected chi connectivity index (χ3v) is 4.15. The Hall–Kier alpha value is -1.53. The van der Waals surface area contributed by atoms with E-state index in [0.717, 1.165) is 18.7 Å². The summed E-state index contributed by atoms with van der Waals surface area (Å²) in [4.78, 5) is 13.8. The molecule has 1 aromatic carbocycles. The van der Waals surface area contributed by atoms with Crippen molar-refractivity contribution in [2.24, 2.45) is 0 Å². The minimum atomic E-state index is -0.443. The second-order valence-electron chi connectivity index (χ2n) is 5.44. The number of urea groups is 1. The van der Waals surface area contributed by atoms with E-state index >= 15 is 0 Å². The van der Waals surface area contributed by atoms with Crippen LogP contribution < -0.4 is 15.5 Å². The van der Waals surface area contributed by atoms with Crippen LogP contribution >= 0.6 is 11.6 Å². The number of carbonyl (C=O) groups is 1. The summed E-state index contributed by atoms with van der Waals surface area (Å²) in [6.45, 7) is 3.17. The molecule has 0 unspecified atom stereocenters. The third-order valence-electron chi connectivity index (χ3n) is 3.84. The molecule has 7 heteroatoms. The highest BCUT2D eigenvalue weighted by Gasteiger charge is 2.25. The molecule has 122 valence electrons. The van der Waals surface area contributed by atoms with Crippen LogP contribution in [0.3, 0.4) is 0 Å². The molecule has 22 heavy (non-hydrogen) atoms. The van der Waals surface area contributed by atoms with Gasteiger partial charge in [0.25, 0.3) is 0 Å². The van der Waals surface area contributed by atoms with Crippen molar-refractivity contribution in [3.05, 3.63) is 29.0 Å². The summed E-state index contributed by atoms with van der Waals surface area (Å²) in [5, 5.41) is 14.8. The summed E-state index contributed by atoms with van der Waals surface area (Å²) < 4.78 is 13.5. The Morgan fingerprint density at radius 1 is 1.59 bits per heavy atom. The van der Waals surface area contributed by atoms with Crippen LogP contribution in [0.2, 0.25) is 5.02 Å². The summed E-state index contributed by atoms with van der Waals surface area (Å²) in [6, 6.07) is 4.19. The van der Waals surface area contributed by atoms with Gasteiger partial charge in [0.15, 0.2) is 0 Å². The van der Waals surface area contributed by atoms with Crippen LogP contribution in [0.15, 0.2) is 18.2 Å². The number of hydrogen-bond donors (Lipinski definition) is 3. The Balaban J connectivity index is 1.87. The van der Waals surface area contributed by atoms with Crippen molar-refractivity contribution in [1.82, 2.24) is 10.6 Å². The lowest BCUT2D eigenvalue weighted by Crippen LogP contribution is -2.48. The van der Waals surface area contributed by atoms with Gasteiger partial charge in [-0.25, -0.2) is 9.18 Å². The molecular weight excluding hydrogens is 309 g/mol. The second-order valence-corrected chi connectivity index (χ2v) is 5.84. The minimum absolute atomic E-state index is 0.00469. The predicted octanol–water partition coefficient (Wildman–Crippen LogP) is 2.13. The van der Waals surface area contributed by atoms with E-state index in [1.54, 1.807) is 6.07 Å². The van der Waals surface area contributed by atoms with Crippen LogP contribution in [0.1, 0.15) is 19.8 Å². The van der Waals surface area contributed by atoms with E-state index in [1.165, 1.54) is 12.1 Å². The normalized spacial score (nSPS) is 19.1. The van der Waals surface area contributed by atoms with Crippen molar-refractivity contribution in [3.8, 4) is 0 Å². The van der Waals surface area contributed by atoms with Crippen LogP contribution in [-0.2, 0) is 0 Å². The monoisotopic (exact) mass is 329 g/mol. The van der Waals surface area contributed by atoms with Gasteiger partial charge in [-0.3, -0.25) is 0 Å². The van der Waals surface area contributed by atoms with Crippen molar-refractivity contribution in [1.29, 1.82) is 0 Å². The minimum Gasteiger partial charge on any atom is -0.394 e. The van der Waals surface area contributed by atoms with Crippen LogP contribution in [0.5, 0.6) is 0 Å². The van der Waals surface area contributed by atoms with Crippen molar-refractivity contribution in [2.45, 2.75) is 31.8 Å². The Morgan fingerprint density at radius 2 is 2.36 bits per heavy atom. The molecule has 1 aromatic rings. The summed E-state index contributed by atoms with van der Waals surface area (Å²) in [7, 11) is 0. The zero-order chi connectivity index (χ0) is 16.1. The molecule has 5 nitrogen and oxygen atoms in total. The number of nitrogens with one attached hydrogen (secondary N) is 2. The summed E-state index contributed by atoms with van der Waals surface area (Å²) in [5.74, 6) is -0.443. The van der Waals surface area contributed by atoms with Gasteiger partial charge < -0.3 is 20.6 Å². The molecule has 3 N–H and O–H groups in total. The smallest absolute Gasteiger partial charge is 0.315 e. The standard InChI is InChI=1S/C15H21ClFN3O2/c1-2-10(9-21)18-15(22)19-11-5-6-20(8-11)12-3-4-13(16)14(17)7-12/h3-4,7,10-11,21H,2,5-6,8-9H2,1H3,(H2,18,19,22)/t10-,11-/m0/s1. The van der Waals surface area contributed by atoms with Crippen molar-refractivity contribution < 1.29 is 14.3 Å². The maximum absolute atomic E-state index is 13.5. The Morgan fingerprint density at radius 3 is 3.00 bits per heavy atom. The molecule has 1 heterocycles. The van der Waals surface area contributed by atoms with Gasteiger partial charge in [0, 0.05) is 24.8 Å². The van der Waals surface area contributed by atoms with Crippen LogP contribution in [-0.4, -0.2) is 42.9 Å². The van der Waals surface area contributed by atoms with Gasteiger partial charge in [0.05, 0.1) is 17.7 Å². The SMILES string of the molecule is CC[C@@H](CO)NC(=O)N[C@H]1CCN(c2ccc(Cl)c(F)c2)C1. The van der Waals surface area contributed by atoms with E-state index in [0.29, 0.717) is 13.0 Å². The average molecular weight is 330 g/mol. The molecule has 2 amide bonds. The molecule has 0 bridgehead atoms. The van der Waals surface area contributed by atoms with Gasteiger partial charge >= 0.3 is 6.03 Å². The van der Waals surface area contributed by atoms with Crippen molar-refractivity contribution in [3.63, 3.8) is 0 Å². The maximum atomic E-state index is 13.5. The van der Waals surface area contributed by atoms with Gasteiger partial charge in [-0.05, 0) is 31.0 Å². The van der Waals surface area contributed by atoms with E-state index in [9.17, 15) is 9.18 Å². The van der Waals surface area contributed by atoms with E-state index < -0.39 is 5.82 Å². The van der Waals surface area contributed by atoms with E-state index in [4.69, 9.17) is 16.7 Å². The lowest BCUT2D eigenvalue weighted by atomic mass is 10.2. The third kappa shape index (κ3) is 4.24. The first-order chi connectivity index (χ1) is 10.5. The highest BCUT2D eigenvalue weighted by atomic mass is 35.5. The van der Waals surface area contributed by atoms with Crippen LogP contribution in [0.4, 0.5) is 14.9 Å². The maximum Gasteiger partial charge on any atom is 0.315 e. The number of benzene rings is 1. The molecule has 1 aliphatic rings.